The molecule has 0 radical (unpaired) electrons. The summed E-state index contributed by atoms with van der Waals surface area (Å²) in [7, 11) is -3.68. The molecule has 1 heterocycles. The van der Waals surface area contributed by atoms with Crippen molar-refractivity contribution in [3.63, 3.8) is 0 Å². The van der Waals surface area contributed by atoms with Gasteiger partial charge < -0.3 is 11.1 Å². The summed E-state index contributed by atoms with van der Waals surface area (Å²) in [6, 6.07) is 3.48. The maximum Gasteiger partial charge on any atom is 0.239 e. The summed E-state index contributed by atoms with van der Waals surface area (Å²) in [4.78, 5) is 4.06. The fourth-order valence-electron chi connectivity index (χ4n) is 2.02. The van der Waals surface area contributed by atoms with E-state index >= 15 is 0 Å². The summed E-state index contributed by atoms with van der Waals surface area (Å²) in [6.45, 7) is 4.19. The van der Waals surface area contributed by atoms with Crippen LogP contribution in [0, 0.1) is 5.41 Å². The van der Waals surface area contributed by atoms with Gasteiger partial charge in [0.15, 0.2) is 0 Å². The first-order valence-corrected chi connectivity index (χ1v) is 7.27. The zero-order chi connectivity index (χ0) is 13.6. The van der Waals surface area contributed by atoms with Crippen LogP contribution in [0.1, 0.15) is 20.3 Å². The monoisotopic (exact) mass is 270 g/mol. The second-order valence-corrected chi connectivity index (χ2v) is 6.85. The van der Waals surface area contributed by atoms with Crippen LogP contribution in [0.25, 0.3) is 0 Å². The van der Waals surface area contributed by atoms with E-state index in [1.807, 2.05) is 0 Å². The lowest BCUT2D eigenvalue weighted by atomic mass is 9.63. The van der Waals surface area contributed by atoms with Crippen molar-refractivity contribution in [2.75, 3.05) is 5.32 Å². The van der Waals surface area contributed by atoms with Crippen LogP contribution in [-0.4, -0.2) is 25.5 Å². The van der Waals surface area contributed by atoms with Gasteiger partial charge in [-0.15, -0.1) is 0 Å². The maximum absolute atomic E-state index is 11.1. The molecule has 2 rings (SSSR count). The third-order valence-corrected chi connectivity index (χ3v) is 4.63. The van der Waals surface area contributed by atoms with Crippen LogP contribution in [0.3, 0.4) is 0 Å². The van der Waals surface area contributed by atoms with Crippen molar-refractivity contribution in [1.82, 2.24) is 4.98 Å². The number of aromatic nitrogens is 1. The fourth-order valence-corrected chi connectivity index (χ4v) is 2.47. The average molecular weight is 270 g/mol. The van der Waals surface area contributed by atoms with E-state index in [1.165, 1.54) is 12.3 Å². The first-order chi connectivity index (χ1) is 8.21. The second-order valence-electron chi connectivity index (χ2n) is 5.28. The molecule has 1 aromatic rings. The molecule has 0 aliphatic heterocycles. The Kier molecular flexibility index (Phi) is 3.08. The fraction of sp³-hybridized carbons (Fsp3) is 0.545. The van der Waals surface area contributed by atoms with Crippen LogP contribution in [0.15, 0.2) is 23.2 Å². The third kappa shape index (κ3) is 2.33. The molecule has 0 amide bonds. The minimum Gasteiger partial charge on any atom is -0.367 e. The molecule has 1 aromatic heterocycles. The SMILES string of the molecule is CC1(C)C(N)CC1Nc1ccc(S(N)(=O)=O)cn1. The smallest absolute Gasteiger partial charge is 0.239 e. The number of sulfonamides is 1. The largest absolute Gasteiger partial charge is 0.367 e. The predicted molar refractivity (Wildman–Crippen MR) is 69.4 cm³/mol. The van der Waals surface area contributed by atoms with Gasteiger partial charge in [-0.3, -0.25) is 0 Å². The highest BCUT2D eigenvalue weighted by Gasteiger charge is 2.46. The van der Waals surface area contributed by atoms with Gasteiger partial charge in [0.25, 0.3) is 0 Å². The molecule has 6 nitrogen and oxygen atoms in total. The standard InChI is InChI=1S/C11H18N4O2S/c1-11(2)8(12)5-9(11)15-10-4-3-7(6-14-10)18(13,16)17/h3-4,6,8-9H,5,12H2,1-2H3,(H,14,15)(H2,13,16,17). The lowest BCUT2D eigenvalue weighted by Gasteiger charge is -2.50. The molecule has 2 unspecified atom stereocenters. The summed E-state index contributed by atoms with van der Waals surface area (Å²) < 4.78 is 22.2. The van der Waals surface area contributed by atoms with Crippen molar-refractivity contribution in [2.45, 2.75) is 37.2 Å². The highest BCUT2D eigenvalue weighted by molar-refractivity contribution is 7.89. The third-order valence-electron chi connectivity index (χ3n) is 3.73. The lowest BCUT2D eigenvalue weighted by molar-refractivity contribution is 0.117. The first kappa shape index (κ1) is 13.3. The van der Waals surface area contributed by atoms with Gasteiger partial charge in [-0.25, -0.2) is 18.5 Å². The van der Waals surface area contributed by atoms with E-state index in [-0.39, 0.29) is 22.4 Å². The van der Waals surface area contributed by atoms with E-state index in [0.717, 1.165) is 6.42 Å². The first-order valence-electron chi connectivity index (χ1n) is 5.72. The second kappa shape index (κ2) is 4.18. The Balaban J connectivity index is 2.09. The summed E-state index contributed by atoms with van der Waals surface area (Å²) in [5, 5.41) is 8.25. The molecule has 2 atom stereocenters. The lowest BCUT2D eigenvalue weighted by Crippen LogP contribution is -2.61. The van der Waals surface area contributed by atoms with Gasteiger partial charge in [0.1, 0.15) is 10.7 Å². The molecule has 0 bridgehead atoms. The highest BCUT2D eigenvalue weighted by Crippen LogP contribution is 2.40. The van der Waals surface area contributed by atoms with E-state index in [0.29, 0.717) is 5.82 Å². The molecule has 0 aromatic carbocycles. The number of anilines is 1. The zero-order valence-corrected chi connectivity index (χ0v) is 11.2. The zero-order valence-electron chi connectivity index (χ0n) is 10.4. The van der Waals surface area contributed by atoms with Crippen LogP contribution in [0.4, 0.5) is 5.82 Å². The minimum absolute atomic E-state index is 0.0117. The molecule has 1 aliphatic rings. The summed E-state index contributed by atoms with van der Waals surface area (Å²) in [6.07, 6.45) is 2.13. The highest BCUT2D eigenvalue weighted by atomic mass is 32.2. The van der Waals surface area contributed by atoms with Crippen LogP contribution in [-0.2, 0) is 10.0 Å². The number of pyridine rings is 1. The predicted octanol–water partition coefficient (Wildman–Crippen LogP) is 0.267. The number of primary sulfonamides is 1. The Morgan fingerprint density at radius 3 is 2.50 bits per heavy atom. The van der Waals surface area contributed by atoms with Crippen molar-refractivity contribution < 1.29 is 8.42 Å². The summed E-state index contributed by atoms with van der Waals surface area (Å²) >= 11 is 0. The Labute approximate surface area is 107 Å². The van der Waals surface area contributed by atoms with Gasteiger partial charge in [0.2, 0.25) is 10.0 Å². The summed E-state index contributed by atoms with van der Waals surface area (Å²) in [5.41, 5.74) is 5.94. The number of nitrogens with zero attached hydrogens (tertiary/aromatic N) is 1. The molecule has 7 heteroatoms. The Morgan fingerprint density at radius 2 is 2.11 bits per heavy atom. The van der Waals surface area contributed by atoms with Crippen LogP contribution in [0.2, 0.25) is 0 Å². The Bertz CT molecular complexity index is 539. The van der Waals surface area contributed by atoms with Gasteiger partial charge in [-0.05, 0) is 18.6 Å². The van der Waals surface area contributed by atoms with Crippen LogP contribution < -0.4 is 16.2 Å². The topological polar surface area (TPSA) is 111 Å². The van der Waals surface area contributed by atoms with Gasteiger partial charge >= 0.3 is 0 Å². The average Bonchev–Trinajstić information content (AvgIpc) is 2.28. The van der Waals surface area contributed by atoms with E-state index in [2.05, 4.69) is 24.1 Å². The molecule has 18 heavy (non-hydrogen) atoms. The molecule has 0 saturated heterocycles. The molecule has 5 N–H and O–H groups in total. The molecule has 1 aliphatic carbocycles. The van der Waals surface area contributed by atoms with E-state index < -0.39 is 10.0 Å². The normalized spacial score (nSPS) is 26.4. The number of rotatable bonds is 3. The number of hydrogen-bond donors (Lipinski definition) is 3. The van der Waals surface area contributed by atoms with E-state index in [1.54, 1.807) is 6.07 Å². The minimum atomic E-state index is -3.68. The van der Waals surface area contributed by atoms with Gasteiger partial charge in [-0.1, -0.05) is 13.8 Å². The van der Waals surface area contributed by atoms with Crippen molar-refractivity contribution in [3.05, 3.63) is 18.3 Å². The van der Waals surface area contributed by atoms with Gasteiger partial charge in [0, 0.05) is 23.7 Å². The van der Waals surface area contributed by atoms with Crippen LogP contribution >= 0.6 is 0 Å². The molecule has 0 spiro atoms. The van der Waals surface area contributed by atoms with Crippen molar-refractivity contribution in [1.29, 1.82) is 0 Å². The Hall–Kier alpha value is -1.18. The molecular weight excluding hydrogens is 252 g/mol. The van der Waals surface area contributed by atoms with E-state index in [9.17, 15) is 8.42 Å². The number of nitrogens with one attached hydrogen (secondary N) is 1. The quantitative estimate of drug-likeness (QED) is 0.730. The van der Waals surface area contributed by atoms with Crippen molar-refractivity contribution >= 4 is 15.8 Å². The van der Waals surface area contributed by atoms with Gasteiger partial charge in [-0.2, -0.15) is 0 Å². The molecule has 1 fully saturated rings. The maximum atomic E-state index is 11.1. The number of hydrogen-bond acceptors (Lipinski definition) is 5. The van der Waals surface area contributed by atoms with Gasteiger partial charge in [0.05, 0.1) is 0 Å². The number of nitrogens with two attached hydrogens (primary N) is 2. The molecule has 100 valence electrons. The molecule has 1 saturated carbocycles. The molecular formula is C11H18N4O2S. The Morgan fingerprint density at radius 1 is 1.44 bits per heavy atom. The van der Waals surface area contributed by atoms with Crippen molar-refractivity contribution in [3.8, 4) is 0 Å². The van der Waals surface area contributed by atoms with E-state index in [4.69, 9.17) is 10.9 Å². The summed E-state index contributed by atoms with van der Waals surface area (Å²) in [5.74, 6) is 0.632. The van der Waals surface area contributed by atoms with Crippen LogP contribution in [0.5, 0.6) is 0 Å². The van der Waals surface area contributed by atoms with Crippen molar-refractivity contribution in [2.24, 2.45) is 16.3 Å².